The van der Waals surface area contributed by atoms with Gasteiger partial charge in [0.1, 0.15) is 5.52 Å². The Balaban J connectivity index is 2.16. The normalized spacial score (nSPS) is 11.2. The number of aromatic amines is 1. The van der Waals surface area contributed by atoms with Gasteiger partial charge in [-0.2, -0.15) is 5.11 Å². The number of rotatable bonds is 3. The van der Waals surface area contributed by atoms with E-state index in [0.717, 1.165) is 5.56 Å². The van der Waals surface area contributed by atoms with E-state index >= 15 is 0 Å². The summed E-state index contributed by atoms with van der Waals surface area (Å²) in [6.07, 6.45) is 0. The van der Waals surface area contributed by atoms with Crippen LogP contribution in [0.3, 0.4) is 0 Å². The Labute approximate surface area is 135 Å². The van der Waals surface area contributed by atoms with Crippen molar-refractivity contribution in [1.82, 2.24) is 4.98 Å². The molecule has 1 aromatic heterocycles. The third kappa shape index (κ3) is 2.72. The summed E-state index contributed by atoms with van der Waals surface area (Å²) in [4.78, 5) is 24.9. The second-order valence-electron chi connectivity index (χ2n) is 5.15. The molecule has 1 heterocycles. The van der Waals surface area contributed by atoms with Crippen LogP contribution in [0.25, 0.3) is 10.9 Å². The number of pyridine rings is 1. The fraction of sp³-hybridized carbons (Fsp3) is 0.0625. The maximum Gasteiger partial charge on any atom is 0.293 e. The first-order valence-electron chi connectivity index (χ1n) is 6.98. The molecule has 0 fully saturated rings. The van der Waals surface area contributed by atoms with E-state index < -0.39 is 16.2 Å². The molecule has 0 saturated heterocycles. The number of nitro benzene ring substituents is 1. The lowest BCUT2D eigenvalue weighted by atomic mass is 10.1. The molecule has 2 aromatic carbocycles. The number of hydrogen-bond donors (Lipinski definition) is 2. The minimum atomic E-state index is -0.759. The van der Waals surface area contributed by atoms with Gasteiger partial charge in [0.05, 0.1) is 10.6 Å². The van der Waals surface area contributed by atoms with Gasteiger partial charge in [0.2, 0.25) is 0 Å². The van der Waals surface area contributed by atoms with Crippen molar-refractivity contribution >= 4 is 28.0 Å². The minimum absolute atomic E-state index is 0.0560. The van der Waals surface area contributed by atoms with Crippen molar-refractivity contribution in [2.24, 2.45) is 10.2 Å². The van der Waals surface area contributed by atoms with Crippen molar-refractivity contribution < 1.29 is 10.0 Å². The predicted molar refractivity (Wildman–Crippen MR) is 88.2 cm³/mol. The van der Waals surface area contributed by atoms with Gasteiger partial charge in [0.15, 0.2) is 11.4 Å². The standard InChI is InChI=1S/C16H12N4O4/c1-9-4-2-5-10(8-9)18-19-14-15(21)11-6-3-7-12(20(23)24)13(11)17-16(14)22/h2-8H,1H3,(H2,17,21,22). The van der Waals surface area contributed by atoms with E-state index in [1.165, 1.54) is 18.2 Å². The lowest BCUT2D eigenvalue weighted by Gasteiger charge is -2.04. The van der Waals surface area contributed by atoms with Crippen molar-refractivity contribution in [2.45, 2.75) is 6.92 Å². The Bertz CT molecular complexity index is 1040. The number of nitro groups is 1. The summed E-state index contributed by atoms with van der Waals surface area (Å²) >= 11 is 0. The third-order valence-corrected chi connectivity index (χ3v) is 3.44. The molecule has 0 aliphatic carbocycles. The van der Waals surface area contributed by atoms with Gasteiger partial charge in [-0.1, -0.05) is 18.2 Å². The van der Waals surface area contributed by atoms with Gasteiger partial charge in [0.25, 0.3) is 11.2 Å². The second kappa shape index (κ2) is 5.92. The zero-order valence-electron chi connectivity index (χ0n) is 12.6. The van der Waals surface area contributed by atoms with Gasteiger partial charge >= 0.3 is 0 Å². The molecule has 0 aliphatic heterocycles. The summed E-state index contributed by atoms with van der Waals surface area (Å²) in [5.41, 5.74) is 0.0726. The molecule has 0 aliphatic rings. The first-order chi connectivity index (χ1) is 11.5. The van der Waals surface area contributed by atoms with Gasteiger partial charge in [-0.05, 0) is 30.7 Å². The smallest absolute Gasteiger partial charge is 0.293 e. The second-order valence-corrected chi connectivity index (χ2v) is 5.15. The molecule has 3 aromatic rings. The first-order valence-corrected chi connectivity index (χ1v) is 6.98. The van der Waals surface area contributed by atoms with Crippen LogP contribution >= 0.6 is 0 Å². The molecule has 3 rings (SSSR count). The molecule has 120 valence electrons. The van der Waals surface area contributed by atoms with Crippen LogP contribution < -0.4 is 5.56 Å². The molecule has 0 amide bonds. The quantitative estimate of drug-likeness (QED) is 0.431. The van der Waals surface area contributed by atoms with E-state index in [1.807, 2.05) is 13.0 Å². The Morgan fingerprint density at radius 2 is 1.92 bits per heavy atom. The number of fused-ring (bicyclic) bond motifs is 1. The summed E-state index contributed by atoms with van der Waals surface area (Å²) < 4.78 is 0. The predicted octanol–water partition coefficient (Wildman–Crippen LogP) is 3.87. The fourth-order valence-electron chi connectivity index (χ4n) is 2.32. The number of nitrogens with zero attached hydrogens (tertiary/aromatic N) is 3. The number of aryl methyl sites for hydroxylation is 1. The average molecular weight is 324 g/mol. The number of aromatic nitrogens is 1. The van der Waals surface area contributed by atoms with E-state index in [4.69, 9.17) is 0 Å². The number of hydrogen-bond acceptors (Lipinski definition) is 6. The summed E-state index contributed by atoms with van der Waals surface area (Å²) in [6.45, 7) is 1.89. The van der Waals surface area contributed by atoms with Crippen LogP contribution in [0.1, 0.15) is 5.56 Å². The van der Waals surface area contributed by atoms with Gasteiger partial charge in [-0.25, -0.2) is 0 Å². The molecule has 0 radical (unpaired) electrons. The Morgan fingerprint density at radius 3 is 2.62 bits per heavy atom. The van der Waals surface area contributed by atoms with Crippen LogP contribution in [0.2, 0.25) is 0 Å². The number of azo groups is 1. The van der Waals surface area contributed by atoms with Crippen molar-refractivity contribution in [3.63, 3.8) is 0 Å². The van der Waals surface area contributed by atoms with Crippen LogP contribution in [-0.2, 0) is 0 Å². The Kier molecular flexibility index (Phi) is 3.78. The summed E-state index contributed by atoms with van der Waals surface area (Å²) in [5.74, 6) is -0.450. The number of benzene rings is 2. The van der Waals surface area contributed by atoms with Crippen molar-refractivity contribution in [1.29, 1.82) is 0 Å². The number of H-pyrrole nitrogens is 1. The highest BCUT2D eigenvalue weighted by Crippen LogP contribution is 2.34. The molecular weight excluding hydrogens is 312 g/mol. The monoisotopic (exact) mass is 324 g/mol. The maximum absolute atomic E-state index is 12.1. The van der Waals surface area contributed by atoms with E-state index in [0.29, 0.717) is 5.69 Å². The fourth-order valence-corrected chi connectivity index (χ4v) is 2.32. The van der Waals surface area contributed by atoms with E-state index in [9.17, 15) is 20.0 Å². The molecule has 8 heteroatoms. The van der Waals surface area contributed by atoms with Crippen molar-refractivity contribution in [3.8, 4) is 5.75 Å². The molecule has 0 unspecified atom stereocenters. The topological polar surface area (TPSA) is 121 Å². The molecule has 0 bridgehead atoms. The van der Waals surface area contributed by atoms with E-state index in [-0.39, 0.29) is 22.3 Å². The summed E-state index contributed by atoms with van der Waals surface area (Å²) in [7, 11) is 0. The largest absolute Gasteiger partial charge is 0.505 e. The van der Waals surface area contributed by atoms with Gasteiger partial charge < -0.3 is 10.1 Å². The van der Waals surface area contributed by atoms with E-state index in [1.54, 1.807) is 18.2 Å². The Hall–Kier alpha value is -3.55. The van der Waals surface area contributed by atoms with Crippen molar-refractivity contribution in [2.75, 3.05) is 0 Å². The van der Waals surface area contributed by atoms with Crippen LogP contribution in [0, 0.1) is 17.0 Å². The zero-order chi connectivity index (χ0) is 17.3. The average Bonchev–Trinajstić information content (AvgIpc) is 2.54. The third-order valence-electron chi connectivity index (χ3n) is 3.44. The molecule has 0 spiro atoms. The molecule has 8 nitrogen and oxygen atoms in total. The molecule has 0 saturated carbocycles. The zero-order valence-corrected chi connectivity index (χ0v) is 12.6. The molecular formula is C16H12N4O4. The van der Waals surface area contributed by atoms with Gasteiger partial charge in [0, 0.05) is 11.5 Å². The highest BCUT2D eigenvalue weighted by Gasteiger charge is 2.18. The number of non-ortho nitro benzene ring substituents is 1. The van der Waals surface area contributed by atoms with Crippen LogP contribution in [0.5, 0.6) is 5.75 Å². The van der Waals surface area contributed by atoms with Gasteiger partial charge in [-0.3, -0.25) is 14.9 Å². The molecule has 0 atom stereocenters. The number of nitrogens with one attached hydrogen (secondary N) is 1. The minimum Gasteiger partial charge on any atom is -0.505 e. The summed E-state index contributed by atoms with van der Waals surface area (Å²) in [6, 6.07) is 11.3. The van der Waals surface area contributed by atoms with Gasteiger partial charge in [-0.15, -0.1) is 5.11 Å². The number of para-hydroxylation sites is 1. The lowest BCUT2D eigenvalue weighted by molar-refractivity contribution is -0.383. The number of aromatic hydroxyl groups is 1. The summed E-state index contributed by atoms with van der Waals surface area (Å²) in [5, 5.41) is 29.2. The van der Waals surface area contributed by atoms with E-state index in [2.05, 4.69) is 15.2 Å². The highest BCUT2D eigenvalue weighted by molar-refractivity contribution is 5.94. The molecule has 2 N–H and O–H groups in total. The Morgan fingerprint density at radius 1 is 1.17 bits per heavy atom. The highest BCUT2D eigenvalue weighted by atomic mass is 16.6. The first kappa shape index (κ1) is 15.3. The maximum atomic E-state index is 12.1. The van der Waals surface area contributed by atoms with Crippen LogP contribution in [-0.4, -0.2) is 15.0 Å². The van der Waals surface area contributed by atoms with Crippen LogP contribution in [0.4, 0.5) is 17.1 Å². The molecule has 24 heavy (non-hydrogen) atoms. The SMILES string of the molecule is Cc1cccc(N=Nc2c(O)c3cccc([N+](=O)[O-])c3[nH]c2=O)c1. The van der Waals surface area contributed by atoms with Crippen molar-refractivity contribution in [3.05, 3.63) is 68.5 Å². The lowest BCUT2D eigenvalue weighted by Crippen LogP contribution is -2.06. The van der Waals surface area contributed by atoms with Crippen LogP contribution in [0.15, 0.2) is 57.5 Å².